The summed E-state index contributed by atoms with van der Waals surface area (Å²) in [5, 5.41) is 7.26. The molecule has 1 unspecified atom stereocenters. The van der Waals surface area contributed by atoms with Crippen LogP contribution in [0.4, 0.5) is 8.78 Å². The normalized spacial score (nSPS) is 12.6. The van der Waals surface area contributed by atoms with E-state index in [2.05, 4.69) is 10.4 Å². The molecule has 0 bridgehead atoms. The number of hydrogen-bond donors (Lipinski definition) is 1. The zero-order valence-corrected chi connectivity index (χ0v) is 11.0. The Bertz CT molecular complexity index is 551. The van der Waals surface area contributed by atoms with Crippen molar-refractivity contribution < 1.29 is 8.78 Å². The summed E-state index contributed by atoms with van der Waals surface area (Å²) in [6.07, 6.45) is 5.00. The largest absolute Gasteiger partial charge is 0.316 e. The molecule has 102 valence electrons. The van der Waals surface area contributed by atoms with Crippen molar-refractivity contribution in [3.8, 4) is 0 Å². The first-order valence-electron chi connectivity index (χ1n) is 6.17. The molecule has 0 aliphatic carbocycles. The number of rotatable bonds is 5. The molecule has 0 spiro atoms. The molecule has 5 heteroatoms. The van der Waals surface area contributed by atoms with Crippen molar-refractivity contribution in [2.45, 2.75) is 18.9 Å². The quantitative estimate of drug-likeness (QED) is 0.897. The average Bonchev–Trinajstić information content (AvgIpc) is 2.77. The van der Waals surface area contributed by atoms with Crippen LogP contribution in [-0.2, 0) is 19.9 Å². The van der Waals surface area contributed by atoms with Crippen LogP contribution in [0.3, 0.4) is 0 Å². The molecule has 2 aromatic rings. The number of hydrogen-bond acceptors (Lipinski definition) is 2. The molecule has 0 fully saturated rings. The van der Waals surface area contributed by atoms with E-state index in [0.29, 0.717) is 12.0 Å². The molecule has 0 saturated heterocycles. The fourth-order valence-corrected chi connectivity index (χ4v) is 2.09. The van der Waals surface area contributed by atoms with Gasteiger partial charge in [-0.1, -0.05) is 6.07 Å². The lowest BCUT2D eigenvalue weighted by Gasteiger charge is -2.15. The number of nitrogens with zero attached hydrogens (tertiary/aromatic N) is 2. The highest BCUT2D eigenvalue weighted by molar-refractivity contribution is 5.20. The zero-order valence-electron chi connectivity index (χ0n) is 11.0. The second-order valence-electron chi connectivity index (χ2n) is 4.65. The van der Waals surface area contributed by atoms with Crippen molar-refractivity contribution in [2.75, 3.05) is 7.05 Å². The maximum atomic E-state index is 13.6. The highest BCUT2D eigenvalue weighted by Crippen LogP contribution is 2.13. The summed E-state index contributed by atoms with van der Waals surface area (Å²) >= 11 is 0. The van der Waals surface area contributed by atoms with Gasteiger partial charge in [-0.3, -0.25) is 4.68 Å². The fraction of sp³-hybridized carbons (Fsp3) is 0.357. The number of benzene rings is 1. The minimum absolute atomic E-state index is 0.0872. The van der Waals surface area contributed by atoms with Gasteiger partial charge in [0, 0.05) is 25.4 Å². The van der Waals surface area contributed by atoms with Crippen LogP contribution >= 0.6 is 0 Å². The average molecular weight is 265 g/mol. The Kier molecular flexibility index (Phi) is 4.27. The first-order chi connectivity index (χ1) is 9.08. The predicted octanol–water partition coefficient (Wildman–Crippen LogP) is 2.07. The molecule has 0 saturated carbocycles. The van der Waals surface area contributed by atoms with Gasteiger partial charge in [-0.2, -0.15) is 5.10 Å². The van der Waals surface area contributed by atoms with Crippen molar-refractivity contribution in [2.24, 2.45) is 7.05 Å². The second kappa shape index (κ2) is 5.93. The van der Waals surface area contributed by atoms with Crippen LogP contribution < -0.4 is 5.32 Å². The van der Waals surface area contributed by atoms with Gasteiger partial charge in [0.05, 0.1) is 6.20 Å². The van der Waals surface area contributed by atoms with Crippen molar-refractivity contribution >= 4 is 0 Å². The van der Waals surface area contributed by atoms with Gasteiger partial charge in [-0.25, -0.2) is 8.78 Å². The first kappa shape index (κ1) is 13.7. The molecule has 3 nitrogen and oxygen atoms in total. The lowest BCUT2D eigenvalue weighted by Crippen LogP contribution is -2.30. The van der Waals surface area contributed by atoms with Gasteiger partial charge in [-0.15, -0.1) is 0 Å². The topological polar surface area (TPSA) is 29.9 Å². The van der Waals surface area contributed by atoms with E-state index in [1.165, 1.54) is 12.1 Å². The molecule has 1 atom stereocenters. The Labute approximate surface area is 111 Å². The number of aryl methyl sites for hydroxylation is 1. The second-order valence-corrected chi connectivity index (χ2v) is 4.65. The summed E-state index contributed by atoms with van der Waals surface area (Å²) in [5.74, 6) is -1.04. The standard InChI is InChI=1S/C14H17F2N3/c1-17-13(5-10-8-18-19(2)9-10)6-11-3-4-12(15)7-14(11)16/h3-4,7-9,13,17H,5-6H2,1-2H3. The van der Waals surface area contributed by atoms with Crippen molar-refractivity contribution in [3.05, 3.63) is 53.4 Å². The third kappa shape index (κ3) is 3.61. The molecule has 1 aromatic carbocycles. The molecule has 1 N–H and O–H groups in total. The van der Waals surface area contributed by atoms with E-state index in [0.717, 1.165) is 18.1 Å². The van der Waals surface area contributed by atoms with Crippen LogP contribution in [0.5, 0.6) is 0 Å². The predicted molar refractivity (Wildman–Crippen MR) is 69.8 cm³/mol. The van der Waals surface area contributed by atoms with E-state index in [9.17, 15) is 8.78 Å². The SMILES string of the molecule is CNC(Cc1cnn(C)c1)Cc1ccc(F)cc1F. The van der Waals surface area contributed by atoms with Crippen LogP contribution in [0.15, 0.2) is 30.6 Å². The van der Waals surface area contributed by atoms with Crippen molar-refractivity contribution in [1.29, 1.82) is 0 Å². The summed E-state index contributed by atoms with van der Waals surface area (Å²) in [7, 11) is 3.69. The molecule has 0 aliphatic heterocycles. The molecule has 19 heavy (non-hydrogen) atoms. The van der Waals surface area contributed by atoms with E-state index in [1.807, 2.05) is 20.3 Å². The van der Waals surface area contributed by atoms with E-state index in [1.54, 1.807) is 10.9 Å². The summed E-state index contributed by atoms with van der Waals surface area (Å²) < 4.78 is 28.2. The van der Waals surface area contributed by atoms with Crippen LogP contribution in [0.25, 0.3) is 0 Å². The lowest BCUT2D eigenvalue weighted by atomic mass is 10.0. The molecular formula is C14H17F2N3. The summed E-state index contributed by atoms with van der Waals surface area (Å²) in [5.41, 5.74) is 1.61. The van der Waals surface area contributed by atoms with E-state index in [4.69, 9.17) is 0 Å². The van der Waals surface area contributed by atoms with Crippen molar-refractivity contribution in [1.82, 2.24) is 15.1 Å². The van der Waals surface area contributed by atoms with Gasteiger partial charge in [-0.05, 0) is 37.1 Å². The van der Waals surface area contributed by atoms with E-state index < -0.39 is 11.6 Å². The first-order valence-corrected chi connectivity index (χ1v) is 6.17. The minimum Gasteiger partial charge on any atom is -0.316 e. The molecule has 1 aromatic heterocycles. The van der Waals surface area contributed by atoms with Gasteiger partial charge < -0.3 is 5.32 Å². The molecule has 0 aliphatic rings. The van der Waals surface area contributed by atoms with Gasteiger partial charge in [0.2, 0.25) is 0 Å². The monoisotopic (exact) mass is 265 g/mol. The summed E-state index contributed by atoms with van der Waals surface area (Å²) in [6.45, 7) is 0. The maximum absolute atomic E-state index is 13.6. The van der Waals surface area contributed by atoms with E-state index >= 15 is 0 Å². The highest BCUT2D eigenvalue weighted by Gasteiger charge is 2.13. The molecule has 1 heterocycles. The number of nitrogens with one attached hydrogen (secondary N) is 1. The Morgan fingerprint density at radius 3 is 2.68 bits per heavy atom. The minimum atomic E-state index is -0.547. The Morgan fingerprint density at radius 1 is 1.32 bits per heavy atom. The van der Waals surface area contributed by atoms with Gasteiger partial charge in [0.25, 0.3) is 0 Å². The zero-order chi connectivity index (χ0) is 13.8. The summed E-state index contributed by atoms with van der Waals surface area (Å²) in [4.78, 5) is 0. The Morgan fingerprint density at radius 2 is 2.11 bits per heavy atom. The Hall–Kier alpha value is -1.75. The number of likely N-dealkylation sites (N-methyl/N-ethyl adjacent to an activating group) is 1. The van der Waals surface area contributed by atoms with Crippen LogP contribution in [-0.4, -0.2) is 22.9 Å². The van der Waals surface area contributed by atoms with Crippen LogP contribution in [0.2, 0.25) is 0 Å². The molecule has 0 radical (unpaired) electrons. The van der Waals surface area contributed by atoms with Gasteiger partial charge in [0.15, 0.2) is 0 Å². The summed E-state index contributed by atoms with van der Waals surface area (Å²) in [6, 6.07) is 3.80. The highest BCUT2D eigenvalue weighted by atomic mass is 19.1. The van der Waals surface area contributed by atoms with Gasteiger partial charge >= 0.3 is 0 Å². The smallest absolute Gasteiger partial charge is 0.129 e. The third-order valence-electron chi connectivity index (χ3n) is 3.13. The molecular weight excluding hydrogens is 248 g/mol. The van der Waals surface area contributed by atoms with E-state index in [-0.39, 0.29) is 6.04 Å². The van der Waals surface area contributed by atoms with Crippen LogP contribution in [0.1, 0.15) is 11.1 Å². The maximum Gasteiger partial charge on any atom is 0.129 e. The van der Waals surface area contributed by atoms with Gasteiger partial charge in [0.1, 0.15) is 11.6 Å². The molecule has 0 amide bonds. The van der Waals surface area contributed by atoms with Crippen LogP contribution in [0, 0.1) is 11.6 Å². The fourth-order valence-electron chi connectivity index (χ4n) is 2.09. The molecule has 2 rings (SSSR count). The third-order valence-corrected chi connectivity index (χ3v) is 3.13. The number of aromatic nitrogens is 2. The Balaban J connectivity index is 2.06. The number of halogens is 2. The van der Waals surface area contributed by atoms with Crippen molar-refractivity contribution in [3.63, 3.8) is 0 Å². The lowest BCUT2D eigenvalue weighted by molar-refractivity contribution is 0.524.